The van der Waals surface area contributed by atoms with Crippen molar-refractivity contribution in [3.05, 3.63) is 52.2 Å². The van der Waals surface area contributed by atoms with Crippen LogP contribution in [0.4, 0.5) is 5.69 Å². The fraction of sp³-hybridized carbons (Fsp3) is 0.455. The number of hydrogen-bond acceptors (Lipinski definition) is 5. The smallest absolute Gasteiger partial charge is 0.220 e. The first kappa shape index (κ1) is 20.6. The average molecular weight is 400 g/mol. The summed E-state index contributed by atoms with van der Waals surface area (Å²) in [7, 11) is 0. The maximum absolute atomic E-state index is 11.9. The molecule has 1 aliphatic heterocycles. The van der Waals surface area contributed by atoms with Gasteiger partial charge >= 0.3 is 0 Å². The third kappa shape index (κ3) is 6.17. The highest BCUT2D eigenvalue weighted by molar-refractivity contribution is 7.12. The number of Topliss-reactive ketones (excluding diaryl/α,β-unsaturated/α-hetero) is 1. The topological polar surface area (TPSA) is 52.6 Å². The lowest BCUT2D eigenvalue weighted by molar-refractivity contribution is -0.121. The third-order valence-corrected chi connectivity index (χ3v) is 6.00. The summed E-state index contributed by atoms with van der Waals surface area (Å²) < 4.78 is 0. The second-order valence-electron chi connectivity index (χ2n) is 7.27. The second-order valence-corrected chi connectivity index (χ2v) is 8.22. The van der Waals surface area contributed by atoms with E-state index in [-0.39, 0.29) is 24.5 Å². The molecule has 1 aliphatic rings. The van der Waals surface area contributed by atoms with Gasteiger partial charge in [0.25, 0.3) is 0 Å². The van der Waals surface area contributed by atoms with Crippen molar-refractivity contribution in [1.82, 2.24) is 10.2 Å². The van der Waals surface area contributed by atoms with Crippen molar-refractivity contribution >= 4 is 28.7 Å². The Labute approximate surface area is 171 Å². The van der Waals surface area contributed by atoms with Crippen LogP contribution in [0.25, 0.3) is 0 Å². The standard InChI is InChI=1S/C22H29N3O2S/c1-18-5-2-6-19(17-18)25-14-12-24(13-15-25)11-4-10-23-22(27)9-8-20(26)21-7-3-16-28-21/h2-3,5-7,16-17H,4,8-15H2,1H3,(H,23,27). The minimum absolute atomic E-state index is 0.0332. The molecule has 0 spiro atoms. The van der Waals surface area contributed by atoms with E-state index in [9.17, 15) is 9.59 Å². The molecule has 0 saturated carbocycles. The van der Waals surface area contributed by atoms with Gasteiger partial charge < -0.3 is 10.2 Å². The molecule has 1 amide bonds. The van der Waals surface area contributed by atoms with Gasteiger partial charge in [0.1, 0.15) is 0 Å². The van der Waals surface area contributed by atoms with Crippen LogP contribution in [0.15, 0.2) is 41.8 Å². The lowest BCUT2D eigenvalue weighted by atomic mass is 10.2. The molecule has 0 aliphatic carbocycles. The van der Waals surface area contributed by atoms with Gasteiger partial charge in [-0.25, -0.2) is 0 Å². The maximum Gasteiger partial charge on any atom is 0.220 e. The molecular weight excluding hydrogens is 370 g/mol. The summed E-state index contributed by atoms with van der Waals surface area (Å²) in [6, 6.07) is 12.3. The van der Waals surface area contributed by atoms with Crippen LogP contribution in [0, 0.1) is 6.92 Å². The second kappa shape index (κ2) is 10.4. The molecule has 2 heterocycles. The van der Waals surface area contributed by atoms with Gasteiger partial charge in [-0.15, -0.1) is 11.3 Å². The van der Waals surface area contributed by atoms with Gasteiger partial charge in [-0.3, -0.25) is 14.5 Å². The number of nitrogens with one attached hydrogen (secondary N) is 1. The molecule has 28 heavy (non-hydrogen) atoms. The van der Waals surface area contributed by atoms with Crippen LogP contribution in [-0.2, 0) is 4.79 Å². The molecule has 1 fully saturated rings. The molecule has 6 heteroatoms. The zero-order valence-electron chi connectivity index (χ0n) is 16.5. The van der Waals surface area contributed by atoms with E-state index < -0.39 is 0 Å². The first-order valence-corrected chi connectivity index (χ1v) is 10.9. The Kier molecular flexibility index (Phi) is 7.62. The van der Waals surface area contributed by atoms with Crippen LogP contribution < -0.4 is 10.2 Å². The summed E-state index contributed by atoms with van der Waals surface area (Å²) >= 11 is 1.43. The predicted molar refractivity (Wildman–Crippen MR) is 115 cm³/mol. The van der Waals surface area contributed by atoms with E-state index >= 15 is 0 Å². The predicted octanol–water partition coefficient (Wildman–Crippen LogP) is 3.35. The van der Waals surface area contributed by atoms with Gasteiger partial charge in [0.15, 0.2) is 5.78 Å². The first-order valence-electron chi connectivity index (χ1n) is 9.99. The highest BCUT2D eigenvalue weighted by Gasteiger charge is 2.17. The van der Waals surface area contributed by atoms with Crippen molar-refractivity contribution in [3.8, 4) is 0 Å². The Balaban J connectivity index is 1.27. The van der Waals surface area contributed by atoms with Crippen molar-refractivity contribution < 1.29 is 9.59 Å². The summed E-state index contributed by atoms with van der Waals surface area (Å²) in [6.45, 7) is 7.99. The van der Waals surface area contributed by atoms with E-state index in [0.717, 1.165) is 44.0 Å². The van der Waals surface area contributed by atoms with Crippen molar-refractivity contribution in [2.75, 3.05) is 44.2 Å². The van der Waals surface area contributed by atoms with E-state index in [0.29, 0.717) is 6.54 Å². The number of hydrogen-bond donors (Lipinski definition) is 1. The number of thiophene rings is 1. The van der Waals surface area contributed by atoms with Gasteiger partial charge in [-0.2, -0.15) is 0 Å². The molecule has 1 N–H and O–H groups in total. The molecule has 1 aromatic carbocycles. The number of anilines is 1. The van der Waals surface area contributed by atoms with Gasteiger partial charge in [0.2, 0.25) is 5.91 Å². The zero-order valence-corrected chi connectivity index (χ0v) is 17.3. The van der Waals surface area contributed by atoms with Crippen molar-refractivity contribution in [3.63, 3.8) is 0 Å². The SMILES string of the molecule is Cc1cccc(N2CCN(CCCNC(=O)CCC(=O)c3cccs3)CC2)c1. The van der Waals surface area contributed by atoms with Crippen LogP contribution in [0.3, 0.4) is 0 Å². The van der Waals surface area contributed by atoms with E-state index in [4.69, 9.17) is 0 Å². The third-order valence-electron chi connectivity index (χ3n) is 5.09. The minimum Gasteiger partial charge on any atom is -0.369 e. The number of ketones is 1. The number of carbonyl (C=O) groups is 2. The van der Waals surface area contributed by atoms with Gasteiger partial charge in [0.05, 0.1) is 4.88 Å². The molecule has 1 saturated heterocycles. The number of nitrogens with zero attached hydrogens (tertiary/aromatic N) is 2. The van der Waals surface area contributed by atoms with Gasteiger partial charge in [-0.05, 0) is 49.0 Å². The van der Waals surface area contributed by atoms with Crippen LogP contribution >= 0.6 is 11.3 Å². The largest absolute Gasteiger partial charge is 0.369 e. The summed E-state index contributed by atoms with van der Waals surface area (Å²) in [4.78, 5) is 29.5. The van der Waals surface area contributed by atoms with Crippen LogP contribution in [0.2, 0.25) is 0 Å². The molecule has 150 valence electrons. The number of aryl methyl sites for hydroxylation is 1. The highest BCUT2D eigenvalue weighted by atomic mass is 32.1. The zero-order chi connectivity index (χ0) is 19.8. The number of amides is 1. The Morgan fingerprint density at radius 3 is 2.61 bits per heavy atom. The lowest BCUT2D eigenvalue weighted by Gasteiger charge is -2.36. The monoisotopic (exact) mass is 399 g/mol. The molecule has 0 atom stereocenters. The normalized spacial score (nSPS) is 14.8. The highest BCUT2D eigenvalue weighted by Crippen LogP contribution is 2.17. The summed E-state index contributed by atoms with van der Waals surface area (Å²) in [5.41, 5.74) is 2.61. The number of piperazine rings is 1. The minimum atomic E-state index is -0.0332. The fourth-order valence-electron chi connectivity index (χ4n) is 3.46. The maximum atomic E-state index is 11.9. The molecule has 0 radical (unpaired) electrons. The molecular formula is C22H29N3O2S. The van der Waals surface area contributed by atoms with E-state index in [2.05, 4.69) is 46.3 Å². The molecule has 0 bridgehead atoms. The molecule has 3 rings (SSSR count). The number of benzene rings is 1. The fourth-order valence-corrected chi connectivity index (χ4v) is 4.16. The Morgan fingerprint density at radius 2 is 1.89 bits per heavy atom. The Morgan fingerprint density at radius 1 is 1.07 bits per heavy atom. The van der Waals surface area contributed by atoms with E-state index in [1.807, 2.05) is 17.5 Å². The lowest BCUT2D eigenvalue weighted by Crippen LogP contribution is -2.47. The molecule has 2 aromatic rings. The molecule has 1 aromatic heterocycles. The first-order chi connectivity index (χ1) is 13.6. The average Bonchev–Trinajstić information content (AvgIpc) is 3.25. The van der Waals surface area contributed by atoms with Crippen molar-refractivity contribution in [2.24, 2.45) is 0 Å². The van der Waals surface area contributed by atoms with Crippen LogP contribution in [-0.4, -0.2) is 55.9 Å². The number of carbonyl (C=O) groups excluding carboxylic acids is 2. The summed E-state index contributed by atoms with van der Waals surface area (Å²) in [5.74, 6) is 0.0193. The quantitative estimate of drug-likeness (QED) is 0.519. The van der Waals surface area contributed by atoms with Crippen molar-refractivity contribution in [2.45, 2.75) is 26.2 Å². The summed E-state index contributed by atoms with van der Waals surface area (Å²) in [5, 5.41) is 4.82. The summed E-state index contributed by atoms with van der Waals surface area (Å²) in [6.07, 6.45) is 1.49. The van der Waals surface area contributed by atoms with Crippen LogP contribution in [0.1, 0.15) is 34.5 Å². The molecule has 0 unspecified atom stereocenters. The van der Waals surface area contributed by atoms with Gasteiger partial charge in [0, 0.05) is 51.3 Å². The van der Waals surface area contributed by atoms with E-state index in [1.165, 1.54) is 22.6 Å². The van der Waals surface area contributed by atoms with Gasteiger partial charge in [-0.1, -0.05) is 18.2 Å². The molecule has 5 nitrogen and oxygen atoms in total. The number of rotatable bonds is 9. The van der Waals surface area contributed by atoms with E-state index in [1.54, 1.807) is 0 Å². The Bertz CT molecular complexity index is 768. The Hall–Kier alpha value is -2.18. The van der Waals surface area contributed by atoms with Crippen molar-refractivity contribution in [1.29, 1.82) is 0 Å². The van der Waals surface area contributed by atoms with Crippen LogP contribution in [0.5, 0.6) is 0 Å².